The van der Waals surface area contributed by atoms with E-state index in [1.807, 2.05) is 6.92 Å². The van der Waals surface area contributed by atoms with E-state index in [0.717, 1.165) is 12.8 Å². The van der Waals surface area contributed by atoms with Gasteiger partial charge in [0.05, 0.1) is 22.9 Å². The molecule has 1 unspecified atom stereocenters. The number of halogens is 6. The Morgan fingerprint density at radius 3 is 2.03 bits per heavy atom. The first-order valence-electron chi connectivity index (χ1n) is 10.3. The van der Waals surface area contributed by atoms with Crippen LogP contribution in [-0.4, -0.2) is 24.7 Å². The number of hydrogen-bond donors (Lipinski definition) is 2. The number of rotatable bonds is 9. The number of carbonyl (C=O) groups is 1. The molecule has 0 radical (unpaired) electrons. The molecular formula is C24H29F6N3O. The average Bonchev–Trinajstić information content (AvgIpc) is 2.76. The molecule has 0 saturated carbocycles. The maximum Gasteiger partial charge on any atom is 0.416 e. The van der Waals surface area contributed by atoms with Gasteiger partial charge in [0, 0.05) is 24.0 Å². The minimum Gasteiger partial charge on any atom is -0.377 e. The molecule has 0 fully saturated rings. The molecule has 1 rings (SSSR count). The maximum absolute atomic E-state index is 13.1. The van der Waals surface area contributed by atoms with E-state index in [1.54, 1.807) is 13.8 Å². The van der Waals surface area contributed by atoms with Gasteiger partial charge >= 0.3 is 12.4 Å². The van der Waals surface area contributed by atoms with Crippen LogP contribution in [0.1, 0.15) is 57.2 Å². The molecule has 0 bridgehead atoms. The van der Waals surface area contributed by atoms with Crippen LogP contribution in [0.15, 0.2) is 41.0 Å². The number of nitrogens with zero attached hydrogens (tertiary/aromatic N) is 1. The Morgan fingerprint density at radius 1 is 1.12 bits per heavy atom. The highest BCUT2D eigenvalue weighted by atomic mass is 19.4. The SMILES string of the molecule is C#C.C=C(NC(C)/C(N=CC)=C(/C)C(=O)NCCCC)c1cc(C(F)(F)F)cc(C(F)(F)F)c1. The third kappa shape index (κ3) is 9.33. The Hall–Kier alpha value is -3.22. The Balaban J connectivity index is 0.00000529. The Kier molecular flexibility index (Phi) is 12.2. The van der Waals surface area contributed by atoms with Crippen LogP contribution in [0.3, 0.4) is 0 Å². The van der Waals surface area contributed by atoms with Crippen LogP contribution in [0.2, 0.25) is 0 Å². The largest absolute Gasteiger partial charge is 0.416 e. The summed E-state index contributed by atoms with van der Waals surface area (Å²) in [5, 5.41) is 5.50. The molecule has 0 aromatic heterocycles. The molecule has 2 N–H and O–H groups in total. The van der Waals surface area contributed by atoms with E-state index in [2.05, 4.69) is 35.1 Å². The highest BCUT2D eigenvalue weighted by molar-refractivity contribution is 5.94. The van der Waals surface area contributed by atoms with Crippen molar-refractivity contribution < 1.29 is 31.1 Å². The zero-order chi connectivity index (χ0) is 26.7. The first kappa shape index (κ1) is 30.8. The van der Waals surface area contributed by atoms with Crippen molar-refractivity contribution in [3.8, 4) is 12.8 Å². The molecule has 4 nitrogen and oxygen atoms in total. The topological polar surface area (TPSA) is 53.5 Å². The Morgan fingerprint density at radius 2 is 1.62 bits per heavy atom. The lowest BCUT2D eigenvalue weighted by Crippen LogP contribution is -2.31. The summed E-state index contributed by atoms with van der Waals surface area (Å²) in [5.74, 6) is -0.364. The smallest absolute Gasteiger partial charge is 0.377 e. The summed E-state index contributed by atoms with van der Waals surface area (Å²) < 4.78 is 78.7. The van der Waals surface area contributed by atoms with E-state index in [1.165, 1.54) is 13.1 Å². The normalized spacial score (nSPS) is 13.4. The summed E-state index contributed by atoms with van der Waals surface area (Å²) in [7, 11) is 0. The molecule has 34 heavy (non-hydrogen) atoms. The summed E-state index contributed by atoms with van der Waals surface area (Å²) in [4.78, 5) is 16.5. The van der Waals surface area contributed by atoms with Crippen LogP contribution in [0, 0.1) is 12.8 Å². The van der Waals surface area contributed by atoms with E-state index < -0.39 is 29.5 Å². The number of amides is 1. The van der Waals surface area contributed by atoms with E-state index in [0.29, 0.717) is 18.7 Å². The van der Waals surface area contributed by atoms with E-state index in [9.17, 15) is 31.1 Å². The van der Waals surface area contributed by atoms with Gasteiger partial charge in [0.15, 0.2) is 0 Å². The Labute approximate surface area is 196 Å². The quantitative estimate of drug-likeness (QED) is 0.143. The third-order valence-electron chi connectivity index (χ3n) is 4.55. The van der Waals surface area contributed by atoms with Gasteiger partial charge < -0.3 is 10.6 Å². The molecular weight excluding hydrogens is 460 g/mol. The van der Waals surface area contributed by atoms with Gasteiger partial charge in [0.2, 0.25) is 5.91 Å². The second-order valence-corrected chi connectivity index (χ2v) is 7.15. The van der Waals surface area contributed by atoms with Crippen molar-refractivity contribution in [1.82, 2.24) is 10.6 Å². The molecule has 10 heteroatoms. The third-order valence-corrected chi connectivity index (χ3v) is 4.55. The average molecular weight is 490 g/mol. The van der Waals surface area contributed by atoms with Crippen molar-refractivity contribution in [2.24, 2.45) is 4.99 Å². The zero-order valence-corrected chi connectivity index (χ0v) is 19.5. The van der Waals surface area contributed by atoms with Gasteiger partial charge in [-0.1, -0.05) is 19.9 Å². The summed E-state index contributed by atoms with van der Waals surface area (Å²) in [6.45, 7) is 10.8. The molecule has 1 aromatic rings. The number of alkyl halides is 6. The minimum atomic E-state index is -4.97. The van der Waals surface area contributed by atoms with Crippen LogP contribution < -0.4 is 10.6 Å². The van der Waals surface area contributed by atoms with Crippen LogP contribution in [0.25, 0.3) is 5.70 Å². The van der Waals surface area contributed by atoms with Crippen molar-refractivity contribution in [3.05, 3.63) is 52.7 Å². The molecule has 0 spiro atoms. The van der Waals surface area contributed by atoms with Gasteiger partial charge in [-0.3, -0.25) is 9.79 Å². The lowest BCUT2D eigenvalue weighted by Gasteiger charge is -2.21. The molecule has 1 amide bonds. The zero-order valence-electron chi connectivity index (χ0n) is 19.5. The van der Waals surface area contributed by atoms with Crippen LogP contribution in [0.4, 0.5) is 26.3 Å². The second kappa shape index (κ2) is 13.5. The van der Waals surface area contributed by atoms with Crippen LogP contribution in [-0.2, 0) is 17.1 Å². The van der Waals surface area contributed by atoms with Crippen molar-refractivity contribution >= 4 is 17.8 Å². The summed E-state index contributed by atoms with van der Waals surface area (Å²) in [6.07, 6.45) is 1.18. The number of hydrogen-bond acceptors (Lipinski definition) is 3. The molecule has 1 aromatic carbocycles. The summed E-state index contributed by atoms with van der Waals surface area (Å²) in [5.41, 5.74) is -2.86. The molecule has 0 aliphatic heterocycles. The van der Waals surface area contributed by atoms with E-state index in [-0.39, 0.29) is 34.5 Å². The lowest BCUT2D eigenvalue weighted by molar-refractivity contribution is -0.143. The van der Waals surface area contributed by atoms with Gasteiger partial charge in [-0.2, -0.15) is 26.3 Å². The molecule has 1 atom stereocenters. The van der Waals surface area contributed by atoms with Gasteiger partial charge in [-0.25, -0.2) is 0 Å². The lowest BCUT2D eigenvalue weighted by atomic mass is 10.0. The van der Waals surface area contributed by atoms with Crippen LogP contribution >= 0.6 is 0 Å². The number of nitrogens with one attached hydrogen (secondary N) is 2. The second-order valence-electron chi connectivity index (χ2n) is 7.15. The monoisotopic (exact) mass is 489 g/mol. The first-order valence-corrected chi connectivity index (χ1v) is 10.3. The maximum atomic E-state index is 13.1. The standard InChI is InChI=1S/C22H27F6N3O.C2H2/c1-6-8-9-30-20(32)13(3)19(29-7-2)15(5)31-14(4)16-10-17(21(23,24)25)12-18(11-16)22(26,27)28;1-2/h7,10-12,15,31H,4,6,8-9H2,1-3,5H3,(H,30,32);1-2H/b19-13+,29-7?;. The highest BCUT2D eigenvalue weighted by Gasteiger charge is 2.37. The van der Waals surface area contributed by atoms with E-state index >= 15 is 0 Å². The molecule has 0 aliphatic rings. The number of benzene rings is 1. The number of aliphatic imine (C=N–C) groups is 1. The summed E-state index contributed by atoms with van der Waals surface area (Å²) in [6, 6.07) is 0.513. The van der Waals surface area contributed by atoms with Crippen LogP contribution in [0.5, 0.6) is 0 Å². The minimum absolute atomic E-state index is 0.0533. The number of unbranched alkanes of at least 4 members (excludes halogenated alkanes) is 1. The van der Waals surface area contributed by atoms with E-state index in [4.69, 9.17) is 0 Å². The van der Waals surface area contributed by atoms with Gasteiger partial charge in [0.1, 0.15) is 0 Å². The molecule has 0 aliphatic carbocycles. The highest BCUT2D eigenvalue weighted by Crippen LogP contribution is 2.37. The predicted molar refractivity (Wildman–Crippen MR) is 123 cm³/mol. The van der Waals surface area contributed by atoms with Gasteiger partial charge in [-0.05, 0) is 51.0 Å². The van der Waals surface area contributed by atoms with Gasteiger partial charge in [-0.15, -0.1) is 12.8 Å². The van der Waals surface area contributed by atoms with Crippen molar-refractivity contribution in [2.45, 2.75) is 58.9 Å². The number of terminal acetylenes is 1. The molecule has 0 heterocycles. The summed E-state index contributed by atoms with van der Waals surface area (Å²) >= 11 is 0. The predicted octanol–water partition coefficient (Wildman–Crippen LogP) is 6.20. The fourth-order valence-corrected chi connectivity index (χ4v) is 2.84. The first-order chi connectivity index (χ1) is 15.7. The van der Waals surface area contributed by atoms with Crippen molar-refractivity contribution in [1.29, 1.82) is 0 Å². The van der Waals surface area contributed by atoms with Crippen molar-refractivity contribution in [2.75, 3.05) is 6.54 Å². The van der Waals surface area contributed by atoms with Gasteiger partial charge in [0.25, 0.3) is 0 Å². The molecule has 0 saturated heterocycles. The fraction of sp³-hybridized carbons (Fsp3) is 0.417. The van der Waals surface area contributed by atoms with Crippen molar-refractivity contribution in [3.63, 3.8) is 0 Å². The fourth-order valence-electron chi connectivity index (χ4n) is 2.84. The Bertz CT molecular complexity index is 895. The number of carbonyl (C=O) groups excluding carboxylic acids is 1. The molecule has 188 valence electrons.